The molecule has 2 aromatic rings. The number of carbonyl (C=O) groups excluding carboxylic acids is 1. The van der Waals surface area contributed by atoms with Crippen LogP contribution in [0.4, 0.5) is 5.69 Å². The maximum atomic E-state index is 13.0. The van der Waals surface area contributed by atoms with E-state index in [2.05, 4.69) is 10.3 Å². The quantitative estimate of drug-likeness (QED) is 0.0935. The number of esters is 1. The highest BCUT2D eigenvalue weighted by Crippen LogP contribution is 2.41. The number of ether oxygens (including phenoxy) is 1. The summed E-state index contributed by atoms with van der Waals surface area (Å²) in [5.41, 5.74) is 5.18. The fraction of sp³-hybridized carbons (Fsp3) is 0.478. The van der Waals surface area contributed by atoms with Crippen molar-refractivity contribution in [2.45, 2.75) is 51.8 Å². The average molecular weight is 591 g/mol. The van der Waals surface area contributed by atoms with Crippen molar-refractivity contribution < 1.29 is 36.2 Å². The lowest BCUT2D eigenvalue weighted by molar-refractivity contribution is -0.137. The molecule has 0 aromatic carbocycles. The summed E-state index contributed by atoms with van der Waals surface area (Å²) in [5, 5.41) is 14.8. The van der Waals surface area contributed by atoms with Crippen molar-refractivity contribution in [3.63, 3.8) is 0 Å². The lowest BCUT2D eigenvalue weighted by atomic mass is 9.85. The zero-order chi connectivity index (χ0) is 28.8. The van der Waals surface area contributed by atoms with E-state index in [0.29, 0.717) is 5.76 Å². The van der Waals surface area contributed by atoms with Crippen LogP contribution in [0.15, 0.2) is 48.0 Å². The van der Waals surface area contributed by atoms with Gasteiger partial charge in [0.25, 0.3) is 10.0 Å². The molecule has 38 heavy (non-hydrogen) atoms. The van der Waals surface area contributed by atoms with E-state index < -0.39 is 54.9 Å². The Morgan fingerprint density at radius 1 is 1.32 bits per heavy atom. The maximum Gasteiger partial charge on any atom is 0.351 e. The van der Waals surface area contributed by atoms with Crippen LogP contribution in [0.2, 0.25) is 0 Å². The summed E-state index contributed by atoms with van der Waals surface area (Å²) in [4.78, 5) is 16.4. The number of hydrogen-bond donors (Lipinski definition) is 4. The van der Waals surface area contributed by atoms with E-state index >= 15 is 0 Å². The van der Waals surface area contributed by atoms with Gasteiger partial charge in [0.2, 0.25) is 0 Å². The number of sulfonamides is 1. The van der Waals surface area contributed by atoms with Crippen LogP contribution in [0.1, 0.15) is 53.3 Å². The first-order chi connectivity index (χ1) is 17.7. The summed E-state index contributed by atoms with van der Waals surface area (Å²) in [7, 11) is -4.03. The highest BCUT2D eigenvalue weighted by molar-refractivity contribution is 7.91. The summed E-state index contributed by atoms with van der Waals surface area (Å²) in [6.45, 7) is 10.7. The minimum Gasteiger partial charge on any atom is -0.504 e. The number of furan rings is 1. The first kappa shape index (κ1) is 31.5. The van der Waals surface area contributed by atoms with Crippen LogP contribution < -0.4 is 11.1 Å². The third kappa shape index (κ3) is 7.02. The van der Waals surface area contributed by atoms with Gasteiger partial charge in [-0.1, -0.05) is 34.6 Å². The summed E-state index contributed by atoms with van der Waals surface area (Å²) >= 11 is -2.17. The summed E-state index contributed by atoms with van der Waals surface area (Å²) in [6, 6.07) is 2.68. The van der Waals surface area contributed by atoms with Gasteiger partial charge in [-0.15, -0.1) is 11.3 Å². The van der Waals surface area contributed by atoms with E-state index in [-0.39, 0.29) is 35.4 Å². The van der Waals surface area contributed by atoms with Crippen molar-refractivity contribution in [3.8, 4) is 5.75 Å². The van der Waals surface area contributed by atoms with Crippen LogP contribution in [0.3, 0.4) is 0 Å². The molecule has 0 aliphatic rings. The first-order valence-corrected chi connectivity index (χ1v) is 15.1. The number of aromatic hydroxyl groups is 1. The first-order valence-electron chi connectivity index (χ1n) is 11.7. The van der Waals surface area contributed by atoms with E-state index in [9.17, 15) is 27.1 Å². The minimum absolute atomic E-state index is 0.100. The summed E-state index contributed by atoms with van der Waals surface area (Å²) < 4.78 is 59.6. The number of aliphatic imine (C=N–C) groups is 1. The van der Waals surface area contributed by atoms with Crippen molar-refractivity contribution in [1.29, 1.82) is 0 Å². The van der Waals surface area contributed by atoms with Crippen molar-refractivity contribution in [2.24, 2.45) is 16.1 Å². The van der Waals surface area contributed by atoms with E-state index in [1.54, 1.807) is 26.0 Å². The number of anilines is 1. The third-order valence-corrected chi connectivity index (χ3v) is 9.55. The van der Waals surface area contributed by atoms with Crippen molar-refractivity contribution in [3.05, 3.63) is 40.1 Å². The number of rotatable bonds is 12. The molecule has 1 unspecified atom stereocenters. The molecule has 0 saturated carbocycles. The van der Waals surface area contributed by atoms with Crippen LogP contribution in [-0.2, 0) is 30.6 Å². The van der Waals surface area contributed by atoms with E-state index in [4.69, 9.17) is 14.9 Å². The van der Waals surface area contributed by atoms with Gasteiger partial charge in [-0.2, -0.15) is 4.31 Å². The molecular formula is C23H34N4O8S3. The van der Waals surface area contributed by atoms with Crippen LogP contribution in [0, 0.1) is 5.41 Å². The van der Waals surface area contributed by atoms with Crippen LogP contribution in [0.5, 0.6) is 5.75 Å². The van der Waals surface area contributed by atoms with Crippen LogP contribution in [0.25, 0.3) is 0 Å². The van der Waals surface area contributed by atoms with Crippen molar-refractivity contribution in [1.82, 2.24) is 4.31 Å². The maximum absolute atomic E-state index is 13.0. The average Bonchev–Trinajstić information content (AvgIpc) is 3.47. The van der Waals surface area contributed by atoms with Gasteiger partial charge in [0.15, 0.2) is 25.9 Å². The van der Waals surface area contributed by atoms with E-state index in [1.807, 2.05) is 20.8 Å². The molecule has 2 rings (SSSR count). The fourth-order valence-electron chi connectivity index (χ4n) is 3.45. The lowest BCUT2D eigenvalue weighted by Gasteiger charge is -2.26. The van der Waals surface area contributed by atoms with Gasteiger partial charge in [0.1, 0.15) is 23.3 Å². The predicted molar refractivity (Wildman–Crippen MR) is 147 cm³/mol. The Morgan fingerprint density at radius 2 is 1.95 bits per heavy atom. The van der Waals surface area contributed by atoms with E-state index in [1.165, 1.54) is 22.9 Å². The van der Waals surface area contributed by atoms with Gasteiger partial charge in [0.05, 0.1) is 18.6 Å². The zero-order valence-corrected chi connectivity index (χ0v) is 24.5. The SMILES string of the molecule is CCOC(=O)/C(=C(\Nc1csc(S(=O)(=O)N(CC)CC)c1O)C(N)=N[C@@H](c1ccco1)C(C)(C)C)S(=O)O. The predicted octanol–water partition coefficient (Wildman–Crippen LogP) is 3.63. The number of carbonyl (C=O) groups is 1. The second-order valence-electron chi connectivity index (χ2n) is 8.97. The highest BCUT2D eigenvalue weighted by atomic mass is 32.2. The molecule has 12 nitrogen and oxygen atoms in total. The smallest absolute Gasteiger partial charge is 0.351 e. The number of nitrogens with zero attached hydrogens (tertiary/aromatic N) is 2. The number of nitrogens with two attached hydrogens (primary N) is 1. The molecule has 2 heterocycles. The third-order valence-electron chi connectivity index (χ3n) is 5.29. The Hall–Kier alpha value is -2.72. The second-order valence-corrected chi connectivity index (χ2v) is 12.9. The summed E-state index contributed by atoms with van der Waals surface area (Å²) in [6.07, 6.45) is 1.46. The Labute approximate surface area is 228 Å². The standard InChI is InChI=1S/C23H34N4O8S3/c1-7-27(8-2)38(32,33)22-17(28)14(13-36-22)25-16(18(37(30)31)21(29)34-9-3)20(24)26-19(23(4,5)6)15-11-10-12-35-15/h10-13,19,25,28H,7-9H2,1-6H3,(H2,24,26)(H,30,31)/b18-16+/t19-/m0/s1. The number of nitrogens with one attached hydrogen (secondary N) is 1. The monoisotopic (exact) mass is 590 g/mol. The molecule has 2 aromatic heterocycles. The second kappa shape index (κ2) is 12.9. The number of thiophene rings is 1. The van der Waals surface area contributed by atoms with Gasteiger partial charge in [-0.05, 0) is 24.5 Å². The molecule has 0 aliphatic carbocycles. The molecule has 0 fully saturated rings. The van der Waals surface area contributed by atoms with E-state index in [0.717, 1.165) is 11.3 Å². The Kier molecular flexibility index (Phi) is 10.7. The molecule has 0 saturated heterocycles. The molecular weight excluding hydrogens is 556 g/mol. The normalized spacial score (nSPS) is 15.2. The molecule has 0 spiro atoms. The van der Waals surface area contributed by atoms with Gasteiger partial charge >= 0.3 is 5.97 Å². The molecule has 0 radical (unpaired) electrons. The minimum atomic E-state index is -4.03. The largest absolute Gasteiger partial charge is 0.504 e. The zero-order valence-electron chi connectivity index (χ0n) is 22.0. The Bertz CT molecular complexity index is 1300. The summed E-state index contributed by atoms with van der Waals surface area (Å²) in [5.74, 6) is -1.71. The Morgan fingerprint density at radius 3 is 2.42 bits per heavy atom. The lowest BCUT2D eigenvalue weighted by Crippen LogP contribution is -2.30. The van der Waals surface area contributed by atoms with Crippen LogP contribution >= 0.6 is 11.3 Å². The number of amidine groups is 1. The molecule has 212 valence electrons. The molecule has 2 atom stereocenters. The molecule has 15 heteroatoms. The number of hydrogen-bond acceptors (Lipinski definition) is 10. The van der Waals surface area contributed by atoms with Gasteiger partial charge in [0, 0.05) is 18.5 Å². The fourth-order valence-corrected chi connectivity index (χ4v) is 6.81. The van der Waals surface area contributed by atoms with Gasteiger partial charge < -0.3 is 29.9 Å². The van der Waals surface area contributed by atoms with Crippen molar-refractivity contribution in [2.75, 3.05) is 25.0 Å². The molecule has 5 N–H and O–H groups in total. The molecule has 0 amide bonds. The Balaban J connectivity index is 2.74. The highest BCUT2D eigenvalue weighted by Gasteiger charge is 2.33. The topological polar surface area (TPSA) is 185 Å². The van der Waals surface area contributed by atoms with Gasteiger partial charge in [-0.3, -0.25) is 4.99 Å². The van der Waals surface area contributed by atoms with Crippen LogP contribution in [-0.4, -0.2) is 58.1 Å². The molecule has 0 bridgehead atoms. The molecule has 0 aliphatic heterocycles. The van der Waals surface area contributed by atoms with Gasteiger partial charge in [-0.25, -0.2) is 17.4 Å². The van der Waals surface area contributed by atoms with Crippen molar-refractivity contribution >= 4 is 49.9 Å².